The van der Waals surface area contributed by atoms with Crippen LogP contribution in [0.15, 0.2) is 36.7 Å². The first kappa shape index (κ1) is 14.1. The summed E-state index contributed by atoms with van der Waals surface area (Å²) >= 11 is 5.99. The van der Waals surface area contributed by atoms with E-state index in [0.717, 1.165) is 48.4 Å². The molecule has 1 aliphatic rings. The minimum absolute atomic E-state index is 0.681. The molecule has 6 heteroatoms. The summed E-state index contributed by atoms with van der Waals surface area (Å²) in [7, 11) is 0. The van der Waals surface area contributed by atoms with E-state index in [1.54, 1.807) is 6.20 Å². The molecular weight excluding hydrogens is 286 g/mol. The van der Waals surface area contributed by atoms with Crippen molar-refractivity contribution in [3.63, 3.8) is 0 Å². The van der Waals surface area contributed by atoms with Crippen molar-refractivity contribution in [3.05, 3.63) is 47.2 Å². The van der Waals surface area contributed by atoms with Crippen molar-refractivity contribution in [1.29, 1.82) is 0 Å². The molecule has 0 unspecified atom stereocenters. The Kier molecular flexibility index (Phi) is 4.52. The van der Waals surface area contributed by atoms with Crippen molar-refractivity contribution in [2.75, 3.05) is 36.4 Å². The number of nitrogens with zero attached hydrogens (tertiary/aromatic N) is 3. The van der Waals surface area contributed by atoms with Crippen LogP contribution in [0.2, 0.25) is 5.02 Å². The van der Waals surface area contributed by atoms with Crippen molar-refractivity contribution in [2.24, 2.45) is 0 Å². The molecule has 0 aliphatic carbocycles. The van der Waals surface area contributed by atoms with E-state index in [2.05, 4.69) is 25.5 Å². The number of nitrogens with one attached hydrogen (secondary N) is 2. The van der Waals surface area contributed by atoms with Crippen molar-refractivity contribution < 1.29 is 0 Å². The minimum Gasteiger partial charge on any atom is -0.365 e. The molecule has 1 aromatic heterocycles. The standard InChI is InChI=1S/C15H18ClN5/c16-13-3-1-2-12(8-13)9-19-14-10-18-11-15(20-14)21-6-4-17-5-7-21/h1-3,8,10-11,17H,4-7,9H2,(H,19,20). The van der Waals surface area contributed by atoms with Gasteiger partial charge in [-0.3, -0.25) is 4.98 Å². The zero-order valence-electron chi connectivity index (χ0n) is 11.7. The molecule has 3 rings (SSSR count). The van der Waals surface area contributed by atoms with Gasteiger partial charge in [0, 0.05) is 37.7 Å². The molecule has 1 aromatic carbocycles. The summed E-state index contributed by atoms with van der Waals surface area (Å²) in [6.45, 7) is 4.59. The molecule has 0 amide bonds. The Morgan fingerprint density at radius 3 is 2.90 bits per heavy atom. The largest absolute Gasteiger partial charge is 0.365 e. The van der Waals surface area contributed by atoms with Gasteiger partial charge in [0.05, 0.1) is 12.4 Å². The van der Waals surface area contributed by atoms with Gasteiger partial charge in [-0.2, -0.15) is 0 Å². The van der Waals surface area contributed by atoms with E-state index < -0.39 is 0 Å². The third-order valence-corrected chi connectivity index (χ3v) is 3.66. The Hall–Kier alpha value is -1.85. The van der Waals surface area contributed by atoms with Crippen LogP contribution in [0.1, 0.15) is 5.56 Å². The monoisotopic (exact) mass is 303 g/mol. The Balaban J connectivity index is 1.65. The Labute approximate surface area is 129 Å². The van der Waals surface area contributed by atoms with E-state index in [1.807, 2.05) is 30.5 Å². The molecule has 1 fully saturated rings. The topological polar surface area (TPSA) is 53.1 Å². The fourth-order valence-corrected chi connectivity index (χ4v) is 2.54. The lowest BCUT2D eigenvalue weighted by Crippen LogP contribution is -2.44. The number of anilines is 2. The number of hydrogen-bond donors (Lipinski definition) is 2. The molecule has 1 saturated heterocycles. The zero-order valence-corrected chi connectivity index (χ0v) is 12.5. The van der Waals surface area contributed by atoms with Gasteiger partial charge in [-0.05, 0) is 17.7 Å². The van der Waals surface area contributed by atoms with Crippen LogP contribution in [0, 0.1) is 0 Å². The quantitative estimate of drug-likeness (QED) is 0.906. The number of aromatic nitrogens is 2. The predicted octanol–water partition coefficient (Wildman–Crippen LogP) is 2.15. The first-order valence-corrected chi connectivity index (χ1v) is 7.45. The number of benzene rings is 1. The molecule has 1 aliphatic heterocycles. The average molecular weight is 304 g/mol. The number of halogens is 1. The highest BCUT2D eigenvalue weighted by Gasteiger charge is 2.12. The molecule has 5 nitrogen and oxygen atoms in total. The van der Waals surface area contributed by atoms with Crippen LogP contribution >= 0.6 is 11.6 Å². The summed E-state index contributed by atoms with van der Waals surface area (Å²) in [6.07, 6.45) is 3.56. The fourth-order valence-electron chi connectivity index (χ4n) is 2.33. The second-order valence-electron chi connectivity index (χ2n) is 4.98. The van der Waals surface area contributed by atoms with Crippen LogP contribution in [0.25, 0.3) is 0 Å². The Morgan fingerprint density at radius 2 is 2.10 bits per heavy atom. The van der Waals surface area contributed by atoms with E-state index in [9.17, 15) is 0 Å². The molecule has 0 radical (unpaired) electrons. The second-order valence-corrected chi connectivity index (χ2v) is 5.42. The van der Waals surface area contributed by atoms with E-state index in [0.29, 0.717) is 6.54 Å². The van der Waals surface area contributed by atoms with Gasteiger partial charge in [-0.15, -0.1) is 0 Å². The van der Waals surface area contributed by atoms with Crippen LogP contribution in [-0.4, -0.2) is 36.1 Å². The van der Waals surface area contributed by atoms with Gasteiger partial charge in [-0.1, -0.05) is 23.7 Å². The van der Waals surface area contributed by atoms with E-state index in [4.69, 9.17) is 11.6 Å². The Morgan fingerprint density at radius 1 is 1.24 bits per heavy atom. The van der Waals surface area contributed by atoms with Crippen molar-refractivity contribution in [3.8, 4) is 0 Å². The third-order valence-electron chi connectivity index (χ3n) is 3.43. The van der Waals surface area contributed by atoms with Crippen LogP contribution in [0.4, 0.5) is 11.6 Å². The third kappa shape index (κ3) is 3.83. The van der Waals surface area contributed by atoms with Crippen LogP contribution in [-0.2, 0) is 6.54 Å². The van der Waals surface area contributed by atoms with Gasteiger partial charge in [0.25, 0.3) is 0 Å². The molecule has 0 atom stereocenters. The summed E-state index contributed by atoms with van der Waals surface area (Å²) in [6, 6.07) is 7.80. The maximum atomic E-state index is 5.99. The van der Waals surface area contributed by atoms with Crippen molar-refractivity contribution >= 4 is 23.2 Å². The predicted molar refractivity (Wildman–Crippen MR) is 85.9 cm³/mol. The molecule has 0 bridgehead atoms. The number of hydrogen-bond acceptors (Lipinski definition) is 5. The van der Waals surface area contributed by atoms with Gasteiger partial charge in [0.1, 0.15) is 11.6 Å². The normalized spacial score (nSPS) is 15.0. The summed E-state index contributed by atoms with van der Waals surface area (Å²) in [4.78, 5) is 11.1. The lowest BCUT2D eigenvalue weighted by Gasteiger charge is -2.28. The fraction of sp³-hybridized carbons (Fsp3) is 0.333. The summed E-state index contributed by atoms with van der Waals surface area (Å²) in [5, 5.41) is 7.37. The van der Waals surface area contributed by atoms with Crippen molar-refractivity contribution in [2.45, 2.75) is 6.54 Å². The highest BCUT2D eigenvalue weighted by atomic mass is 35.5. The van der Waals surface area contributed by atoms with Gasteiger partial charge in [0.15, 0.2) is 0 Å². The zero-order chi connectivity index (χ0) is 14.5. The summed E-state index contributed by atoms with van der Waals surface area (Å²) in [5.41, 5.74) is 1.12. The minimum atomic E-state index is 0.681. The average Bonchev–Trinajstić information content (AvgIpc) is 2.54. The van der Waals surface area contributed by atoms with Gasteiger partial charge >= 0.3 is 0 Å². The molecular formula is C15H18ClN5. The molecule has 0 spiro atoms. The lowest BCUT2D eigenvalue weighted by atomic mass is 10.2. The molecule has 2 aromatic rings. The second kappa shape index (κ2) is 6.74. The highest BCUT2D eigenvalue weighted by molar-refractivity contribution is 6.30. The summed E-state index contributed by atoms with van der Waals surface area (Å²) in [5.74, 6) is 1.71. The van der Waals surface area contributed by atoms with Crippen LogP contribution in [0.3, 0.4) is 0 Å². The smallest absolute Gasteiger partial charge is 0.149 e. The molecule has 0 saturated carbocycles. The van der Waals surface area contributed by atoms with E-state index >= 15 is 0 Å². The molecule has 21 heavy (non-hydrogen) atoms. The van der Waals surface area contributed by atoms with Crippen LogP contribution in [0.5, 0.6) is 0 Å². The van der Waals surface area contributed by atoms with Gasteiger partial charge < -0.3 is 15.5 Å². The first-order chi connectivity index (χ1) is 10.3. The van der Waals surface area contributed by atoms with E-state index in [-0.39, 0.29) is 0 Å². The molecule has 110 valence electrons. The maximum absolute atomic E-state index is 5.99. The molecule has 2 heterocycles. The van der Waals surface area contributed by atoms with Gasteiger partial charge in [0.2, 0.25) is 0 Å². The maximum Gasteiger partial charge on any atom is 0.149 e. The van der Waals surface area contributed by atoms with Crippen LogP contribution < -0.4 is 15.5 Å². The number of rotatable bonds is 4. The van der Waals surface area contributed by atoms with Crippen molar-refractivity contribution in [1.82, 2.24) is 15.3 Å². The van der Waals surface area contributed by atoms with E-state index in [1.165, 1.54) is 0 Å². The van der Waals surface area contributed by atoms with Gasteiger partial charge in [-0.25, -0.2) is 4.98 Å². The first-order valence-electron chi connectivity index (χ1n) is 7.07. The Bertz CT molecular complexity index is 598. The number of piperazine rings is 1. The SMILES string of the molecule is Clc1cccc(CNc2cncc(N3CCNCC3)n2)c1. The lowest BCUT2D eigenvalue weighted by molar-refractivity contribution is 0.584. The molecule has 2 N–H and O–H groups in total. The summed E-state index contributed by atoms with van der Waals surface area (Å²) < 4.78 is 0. The highest BCUT2D eigenvalue weighted by Crippen LogP contribution is 2.15.